The summed E-state index contributed by atoms with van der Waals surface area (Å²) in [5, 5.41) is 9.00. The number of hydrogen-bond donors (Lipinski definition) is 2. The highest BCUT2D eigenvalue weighted by Gasteiger charge is 2.18. The van der Waals surface area contributed by atoms with Crippen molar-refractivity contribution >= 4 is 9.84 Å². The Labute approximate surface area is 121 Å². The summed E-state index contributed by atoms with van der Waals surface area (Å²) >= 11 is 0. The van der Waals surface area contributed by atoms with E-state index in [1.54, 1.807) is 18.2 Å². The number of sulfone groups is 1. The summed E-state index contributed by atoms with van der Waals surface area (Å²) in [5.74, 6) is 0.0409. The van der Waals surface area contributed by atoms with Crippen LogP contribution < -0.4 is 5.73 Å². The van der Waals surface area contributed by atoms with Crippen molar-refractivity contribution in [2.24, 2.45) is 5.73 Å². The molecule has 0 radical (unpaired) electrons. The molecule has 114 valence electrons. The van der Waals surface area contributed by atoms with Crippen LogP contribution in [0.1, 0.15) is 19.4 Å². The molecule has 0 atom stereocenters. The number of nitrogens with zero attached hydrogens (tertiary/aromatic N) is 1. The van der Waals surface area contributed by atoms with Crippen molar-refractivity contribution in [3.8, 4) is 0 Å². The van der Waals surface area contributed by atoms with Crippen LogP contribution in [0.3, 0.4) is 0 Å². The van der Waals surface area contributed by atoms with Crippen molar-refractivity contribution in [3.63, 3.8) is 0 Å². The molecule has 0 aliphatic rings. The van der Waals surface area contributed by atoms with Crippen LogP contribution in [0.5, 0.6) is 0 Å². The maximum absolute atomic E-state index is 12.3. The molecule has 1 aromatic rings. The molecular weight excluding hydrogens is 276 g/mol. The van der Waals surface area contributed by atoms with Crippen molar-refractivity contribution in [1.29, 1.82) is 0 Å². The van der Waals surface area contributed by atoms with Crippen LogP contribution in [-0.4, -0.2) is 49.9 Å². The average Bonchev–Trinajstić information content (AvgIpc) is 2.43. The molecule has 20 heavy (non-hydrogen) atoms. The van der Waals surface area contributed by atoms with Gasteiger partial charge >= 0.3 is 0 Å². The van der Waals surface area contributed by atoms with Gasteiger partial charge in [0, 0.05) is 25.7 Å². The van der Waals surface area contributed by atoms with Gasteiger partial charge in [0.15, 0.2) is 9.84 Å². The number of benzene rings is 1. The Morgan fingerprint density at radius 1 is 1.30 bits per heavy atom. The summed E-state index contributed by atoms with van der Waals surface area (Å²) in [6.45, 7) is 5.21. The first-order valence-electron chi connectivity index (χ1n) is 6.77. The zero-order chi connectivity index (χ0) is 15.2. The second kappa shape index (κ2) is 7.73. The summed E-state index contributed by atoms with van der Waals surface area (Å²) in [7, 11) is -3.32. The van der Waals surface area contributed by atoms with Gasteiger partial charge in [-0.1, -0.05) is 12.1 Å². The Kier molecular flexibility index (Phi) is 6.61. The lowest BCUT2D eigenvalue weighted by Gasteiger charge is -2.25. The van der Waals surface area contributed by atoms with Crippen LogP contribution in [0.25, 0.3) is 0 Å². The fraction of sp³-hybridized carbons (Fsp3) is 0.571. The Hall–Kier alpha value is -0.950. The molecule has 0 bridgehead atoms. The molecule has 5 nitrogen and oxygen atoms in total. The van der Waals surface area contributed by atoms with E-state index in [0.29, 0.717) is 24.5 Å². The smallest absolute Gasteiger partial charge is 0.179 e. The molecule has 0 heterocycles. The number of aliphatic hydroxyl groups excluding tert-OH is 1. The molecule has 0 unspecified atom stereocenters. The third-order valence-corrected chi connectivity index (χ3v) is 4.95. The predicted octanol–water partition coefficient (Wildman–Crippen LogP) is 0.622. The van der Waals surface area contributed by atoms with Gasteiger partial charge in [-0.15, -0.1) is 0 Å². The lowest BCUT2D eigenvalue weighted by molar-refractivity contribution is 0.173. The summed E-state index contributed by atoms with van der Waals surface area (Å²) < 4.78 is 24.6. The minimum Gasteiger partial charge on any atom is -0.395 e. The number of hydrogen-bond acceptors (Lipinski definition) is 5. The molecule has 0 saturated heterocycles. The van der Waals surface area contributed by atoms with E-state index < -0.39 is 9.84 Å². The van der Waals surface area contributed by atoms with E-state index in [2.05, 4.69) is 0 Å². The van der Waals surface area contributed by atoms with Gasteiger partial charge in [0.25, 0.3) is 0 Å². The normalized spacial score (nSPS) is 12.3. The van der Waals surface area contributed by atoms with Gasteiger partial charge in [-0.05, 0) is 31.5 Å². The molecular formula is C14H24N2O3S. The van der Waals surface area contributed by atoms with E-state index in [0.717, 1.165) is 5.56 Å². The minimum absolute atomic E-state index is 0.0287. The van der Waals surface area contributed by atoms with Crippen LogP contribution in [-0.2, 0) is 16.4 Å². The molecule has 0 aliphatic carbocycles. The van der Waals surface area contributed by atoms with E-state index in [1.165, 1.54) is 0 Å². The average molecular weight is 300 g/mol. The Morgan fingerprint density at radius 3 is 2.55 bits per heavy atom. The second-order valence-corrected chi connectivity index (χ2v) is 7.13. The third kappa shape index (κ3) is 4.86. The Balaban J connectivity index is 2.78. The monoisotopic (exact) mass is 300 g/mol. The molecule has 0 aromatic heterocycles. The summed E-state index contributed by atoms with van der Waals surface area (Å²) in [6.07, 6.45) is 0. The van der Waals surface area contributed by atoms with E-state index in [1.807, 2.05) is 24.8 Å². The first kappa shape index (κ1) is 17.1. The zero-order valence-electron chi connectivity index (χ0n) is 12.1. The second-order valence-electron chi connectivity index (χ2n) is 5.02. The van der Waals surface area contributed by atoms with Gasteiger partial charge in [-0.25, -0.2) is 8.42 Å². The van der Waals surface area contributed by atoms with E-state index in [-0.39, 0.29) is 18.4 Å². The van der Waals surface area contributed by atoms with Crippen LogP contribution in [0.4, 0.5) is 0 Å². The molecule has 0 fully saturated rings. The van der Waals surface area contributed by atoms with Gasteiger partial charge in [0.2, 0.25) is 0 Å². The summed E-state index contributed by atoms with van der Waals surface area (Å²) in [5.41, 5.74) is 6.34. The van der Waals surface area contributed by atoms with Gasteiger partial charge < -0.3 is 10.8 Å². The standard InChI is InChI=1S/C14H24N2O3S/c1-12(2)16(6-8-17)7-9-20(18,19)14-5-3-4-13(10-14)11-15/h3-5,10,12,17H,6-9,11,15H2,1-2H3. The lowest BCUT2D eigenvalue weighted by Crippen LogP contribution is -2.37. The fourth-order valence-corrected chi connectivity index (χ4v) is 3.31. The summed E-state index contributed by atoms with van der Waals surface area (Å²) in [4.78, 5) is 2.26. The van der Waals surface area contributed by atoms with Gasteiger partial charge in [-0.3, -0.25) is 4.90 Å². The number of aliphatic hydroxyl groups is 1. The van der Waals surface area contributed by atoms with Crippen LogP contribution in [0, 0.1) is 0 Å². The maximum Gasteiger partial charge on any atom is 0.179 e. The van der Waals surface area contributed by atoms with Crippen molar-refractivity contribution in [3.05, 3.63) is 29.8 Å². The Morgan fingerprint density at radius 2 is 2.00 bits per heavy atom. The molecule has 0 saturated carbocycles. The van der Waals surface area contributed by atoms with Crippen LogP contribution >= 0.6 is 0 Å². The van der Waals surface area contributed by atoms with E-state index >= 15 is 0 Å². The highest BCUT2D eigenvalue weighted by Crippen LogP contribution is 2.14. The van der Waals surface area contributed by atoms with Gasteiger partial charge in [0.05, 0.1) is 17.3 Å². The van der Waals surface area contributed by atoms with E-state index in [4.69, 9.17) is 10.8 Å². The van der Waals surface area contributed by atoms with Gasteiger partial charge in [0.1, 0.15) is 0 Å². The highest BCUT2D eigenvalue weighted by atomic mass is 32.2. The summed E-state index contributed by atoms with van der Waals surface area (Å²) in [6, 6.07) is 6.95. The molecule has 3 N–H and O–H groups in total. The zero-order valence-corrected chi connectivity index (χ0v) is 12.9. The molecule has 1 rings (SSSR count). The molecule has 1 aromatic carbocycles. The quantitative estimate of drug-likeness (QED) is 0.735. The largest absolute Gasteiger partial charge is 0.395 e. The van der Waals surface area contributed by atoms with Crippen LogP contribution in [0.15, 0.2) is 29.2 Å². The number of nitrogens with two attached hydrogens (primary N) is 1. The maximum atomic E-state index is 12.3. The minimum atomic E-state index is -3.32. The first-order chi connectivity index (χ1) is 9.40. The van der Waals surface area contributed by atoms with Crippen molar-refractivity contribution in [1.82, 2.24) is 4.90 Å². The topological polar surface area (TPSA) is 83.6 Å². The number of rotatable bonds is 8. The van der Waals surface area contributed by atoms with E-state index in [9.17, 15) is 8.42 Å². The molecule has 0 spiro atoms. The van der Waals surface area contributed by atoms with Crippen molar-refractivity contribution in [2.75, 3.05) is 25.4 Å². The highest BCUT2D eigenvalue weighted by molar-refractivity contribution is 7.91. The Bertz CT molecular complexity index is 515. The van der Waals surface area contributed by atoms with Crippen molar-refractivity contribution < 1.29 is 13.5 Å². The predicted molar refractivity (Wildman–Crippen MR) is 80.2 cm³/mol. The third-order valence-electron chi connectivity index (χ3n) is 3.26. The molecule has 0 amide bonds. The molecule has 6 heteroatoms. The lowest BCUT2D eigenvalue weighted by atomic mass is 10.2. The fourth-order valence-electron chi connectivity index (χ4n) is 1.98. The SMILES string of the molecule is CC(C)N(CCO)CCS(=O)(=O)c1cccc(CN)c1. The molecule has 0 aliphatic heterocycles. The first-order valence-corrected chi connectivity index (χ1v) is 8.42. The van der Waals surface area contributed by atoms with Crippen molar-refractivity contribution in [2.45, 2.75) is 31.3 Å². The van der Waals surface area contributed by atoms with Gasteiger partial charge in [-0.2, -0.15) is 0 Å². The van der Waals surface area contributed by atoms with Crippen LogP contribution in [0.2, 0.25) is 0 Å².